The van der Waals surface area contributed by atoms with Crippen LogP contribution < -0.4 is 5.32 Å². The Balaban J connectivity index is 1.74. The average Bonchev–Trinajstić information content (AvgIpc) is 2.89. The van der Waals surface area contributed by atoms with Gasteiger partial charge in [-0.15, -0.1) is 0 Å². The van der Waals surface area contributed by atoms with Gasteiger partial charge in [-0.05, 0) is 63.2 Å². The smallest absolute Gasteiger partial charge is 0.408 e. The SMILES string of the molecule is CCN(CC)CC(c1ccccc1Cl)N1CCN(C(=O)[C@@H](Cc2ccc(Cl)cc2)NC(=O)OC(C)(C)C)CC1. The number of benzene rings is 2. The van der Waals surface area contributed by atoms with Crippen LogP contribution in [0.5, 0.6) is 0 Å². The molecule has 39 heavy (non-hydrogen) atoms. The Morgan fingerprint density at radius 2 is 1.59 bits per heavy atom. The molecule has 0 aliphatic carbocycles. The number of nitrogens with one attached hydrogen (secondary N) is 1. The molecule has 1 N–H and O–H groups in total. The van der Waals surface area contributed by atoms with E-state index in [0.29, 0.717) is 37.6 Å². The number of halogens is 2. The monoisotopic (exact) mass is 576 g/mol. The minimum absolute atomic E-state index is 0.117. The van der Waals surface area contributed by atoms with Crippen LogP contribution in [0.2, 0.25) is 10.0 Å². The molecule has 9 heteroatoms. The number of ether oxygens (including phenoxy) is 1. The first kappa shape index (κ1) is 31.2. The Morgan fingerprint density at radius 3 is 2.15 bits per heavy atom. The van der Waals surface area contributed by atoms with Crippen molar-refractivity contribution in [3.8, 4) is 0 Å². The first-order chi connectivity index (χ1) is 18.5. The van der Waals surface area contributed by atoms with Crippen molar-refractivity contribution in [3.63, 3.8) is 0 Å². The molecule has 1 heterocycles. The fourth-order valence-corrected chi connectivity index (χ4v) is 5.25. The summed E-state index contributed by atoms with van der Waals surface area (Å²) >= 11 is 12.7. The van der Waals surface area contributed by atoms with E-state index in [1.807, 2.05) is 35.2 Å². The fourth-order valence-electron chi connectivity index (χ4n) is 4.86. The lowest BCUT2D eigenvalue weighted by atomic mass is 10.0. The van der Waals surface area contributed by atoms with E-state index in [9.17, 15) is 9.59 Å². The molecule has 0 saturated carbocycles. The van der Waals surface area contributed by atoms with Crippen molar-refractivity contribution in [2.45, 2.75) is 58.7 Å². The van der Waals surface area contributed by atoms with E-state index in [-0.39, 0.29) is 11.9 Å². The maximum atomic E-state index is 13.7. The lowest BCUT2D eigenvalue weighted by Gasteiger charge is -2.42. The third kappa shape index (κ3) is 9.38. The average molecular weight is 578 g/mol. The Hall–Kier alpha value is -2.32. The van der Waals surface area contributed by atoms with Crippen LogP contribution in [-0.4, -0.2) is 84.2 Å². The molecule has 0 aromatic heterocycles. The van der Waals surface area contributed by atoms with Gasteiger partial charge in [-0.2, -0.15) is 0 Å². The third-order valence-electron chi connectivity index (χ3n) is 7.00. The van der Waals surface area contributed by atoms with Crippen molar-refractivity contribution < 1.29 is 14.3 Å². The number of carbonyl (C=O) groups excluding carboxylic acids is 2. The van der Waals surface area contributed by atoms with E-state index in [2.05, 4.69) is 35.0 Å². The Morgan fingerprint density at radius 1 is 0.974 bits per heavy atom. The van der Waals surface area contributed by atoms with Gasteiger partial charge in [-0.3, -0.25) is 9.69 Å². The number of hydrogen-bond acceptors (Lipinski definition) is 5. The maximum absolute atomic E-state index is 13.7. The van der Waals surface area contributed by atoms with Crippen molar-refractivity contribution >= 4 is 35.2 Å². The van der Waals surface area contributed by atoms with Crippen molar-refractivity contribution in [2.24, 2.45) is 0 Å². The highest BCUT2D eigenvalue weighted by molar-refractivity contribution is 6.31. The van der Waals surface area contributed by atoms with E-state index in [1.165, 1.54) is 0 Å². The van der Waals surface area contributed by atoms with Gasteiger partial charge in [0.2, 0.25) is 5.91 Å². The Kier molecular flexibility index (Phi) is 11.5. The van der Waals surface area contributed by atoms with E-state index >= 15 is 0 Å². The molecular weight excluding hydrogens is 535 g/mol. The summed E-state index contributed by atoms with van der Waals surface area (Å²) in [6.07, 6.45) is -0.258. The zero-order valence-electron chi connectivity index (χ0n) is 23.8. The van der Waals surface area contributed by atoms with Crippen LogP contribution in [0.4, 0.5) is 4.79 Å². The number of carbonyl (C=O) groups is 2. The summed E-state index contributed by atoms with van der Waals surface area (Å²) in [5, 5.41) is 4.20. The van der Waals surface area contributed by atoms with Crippen molar-refractivity contribution in [2.75, 3.05) is 45.8 Å². The molecule has 1 saturated heterocycles. The molecule has 1 aliphatic rings. The largest absolute Gasteiger partial charge is 0.444 e. The lowest BCUT2D eigenvalue weighted by molar-refractivity contribution is -0.135. The summed E-state index contributed by atoms with van der Waals surface area (Å²) in [4.78, 5) is 33.0. The highest BCUT2D eigenvalue weighted by Gasteiger charge is 2.33. The van der Waals surface area contributed by atoms with Crippen molar-refractivity contribution in [1.82, 2.24) is 20.0 Å². The second kappa shape index (κ2) is 14.4. The zero-order chi connectivity index (χ0) is 28.6. The molecular formula is C30H42Cl2N4O3. The topological polar surface area (TPSA) is 65.1 Å². The van der Waals surface area contributed by atoms with E-state index in [0.717, 1.165) is 35.8 Å². The van der Waals surface area contributed by atoms with Crippen molar-refractivity contribution in [3.05, 3.63) is 69.7 Å². The summed E-state index contributed by atoms with van der Waals surface area (Å²) in [6, 6.07) is 14.7. The predicted molar refractivity (Wildman–Crippen MR) is 158 cm³/mol. The molecule has 0 spiro atoms. The van der Waals surface area contributed by atoms with Crippen molar-refractivity contribution in [1.29, 1.82) is 0 Å². The third-order valence-corrected chi connectivity index (χ3v) is 7.59. The molecule has 2 aromatic carbocycles. The quantitative estimate of drug-likeness (QED) is 0.395. The summed E-state index contributed by atoms with van der Waals surface area (Å²) in [6.45, 7) is 15.1. The highest BCUT2D eigenvalue weighted by atomic mass is 35.5. The number of nitrogens with zero attached hydrogens (tertiary/aromatic N) is 3. The van der Waals surface area contributed by atoms with Crippen LogP contribution in [0, 0.1) is 0 Å². The van der Waals surface area contributed by atoms with Crippen LogP contribution >= 0.6 is 23.2 Å². The van der Waals surface area contributed by atoms with Gasteiger partial charge in [-0.25, -0.2) is 4.79 Å². The summed E-state index contributed by atoms with van der Waals surface area (Å²) in [7, 11) is 0. The molecule has 2 atom stereocenters. The minimum Gasteiger partial charge on any atom is -0.444 e. The van der Waals surface area contributed by atoms with Gasteiger partial charge >= 0.3 is 6.09 Å². The van der Waals surface area contributed by atoms with E-state index in [4.69, 9.17) is 27.9 Å². The molecule has 2 amide bonds. The molecule has 2 aromatic rings. The second-order valence-corrected chi connectivity index (χ2v) is 11.8. The van der Waals surface area contributed by atoms with Gasteiger partial charge in [0.05, 0.1) is 0 Å². The van der Waals surface area contributed by atoms with Gasteiger partial charge in [0.25, 0.3) is 0 Å². The molecule has 0 radical (unpaired) electrons. The molecule has 7 nitrogen and oxygen atoms in total. The van der Waals surface area contributed by atoms with Crippen LogP contribution in [-0.2, 0) is 16.0 Å². The summed E-state index contributed by atoms with van der Waals surface area (Å²) in [5.74, 6) is -0.117. The first-order valence-corrected chi connectivity index (χ1v) is 14.5. The van der Waals surface area contributed by atoms with Gasteiger partial charge in [0.15, 0.2) is 0 Å². The van der Waals surface area contributed by atoms with Gasteiger partial charge in [-0.1, -0.05) is 67.4 Å². The number of alkyl carbamates (subject to hydrolysis) is 1. The van der Waals surface area contributed by atoms with Gasteiger partial charge < -0.3 is 19.9 Å². The second-order valence-electron chi connectivity index (χ2n) is 10.9. The lowest BCUT2D eigenvalue weighted by Crippen LogP contribution is -2.57. The van der Waals surface area contributed by atoms with Crippen LogP contribution in [0.25, 0.3) is 0 Å². The molecule has 0 bridgehead atoms. The number of rotatable bonds is 10. The normalized spacial score (nSPS) is 16.2. The number of likely N-dealkylation sites (N-methyl/N-ethyl adjacent to an activating group) is 1. The number of hydrogen-bond donors (Lipinski definition) is 1. The number of amides is 2. The summed E-state index contributed by atoms with van der Waals surface area (Å²) < 4.78 is 5.46. The molecule has 1 unspecified atom stereocenters. The highest BCUT2D eigenvalue weighted by Crippen LogP contribution is 2.29. The van der Waals surface area contributed by atoms with Gasteiger partial charge in [0, 0.05) is 55.2 Å². The van der Waals surface area contributed by atoms with Crippen LogP contribution in [0.15, 0.2) is 48.5 Å². The molecule has 1 fully saturated rings. The van der Waals surface area contributed by atoms with Gasteiger partial charge in [0.1, 0.15) is 11.6 Å². The molecule has 1 aliphatic heterocycles. The maximum Gasteiger partial charge on any atom is 0.408 e. The van der Waals surface area contributed by atoms with E-state index in [1.54, 1.807) is 32.9 Å². The van der Waals surface area contributed by atoms with Crippen LogP contribution in [0.3, 0.4) is 0 Å². The number of piperazine rings is 1. The standard InChI is InChI=1S/C30H42Cl2N4O3/c1-6-34(7-2)21-27(24-10-8-9-11-25(24)32)35-16-18-36(19-17-35)28(37)26(33-29(38)39-30(3,4)5)20-22-12-14-23(31)15-13-22/h8-15,26-27H,6-7,16-21H2,1-5H3,(H,33,38)/t26-,27?/m1/s1. The molecule has 214 valence electrons. The Labute approximate surface area is 243 Å². The predicted octanol–water partition coefficient (Wildman–Crippen LogP) is 5.66. The summed E-state index contributed by atoms with van der Waals surface area (Å²) in [5.41, 5.74) is 1.35. The first-order valence-electron chi connectivity index (χ1n) is 13.7. The van der Waals surface area contributed by atoms with Crippen LogP contribution in [0.1, 0.15) is 51.8 Å². The minimum atomic E-state index is -0.748. The fraction of sp³-hybridized carbons (Fsp3) is 0.533. The Bertz CT molecular complexity index is 1080. The molecule has 3 rings (SSSR count). The van der Waals surface area contributed by atoms with E-state index < -0.39 is 17.7 Å². The zero-order valence-corrected chi connectivity index (χ0v) is 25.3.